The topological polar surface area (TPSA) is 92.9 Å². The van der Waals surface area contributed by atoms with Crippen LogP contribution >= 0.6 is 11.6 Å². The summed E-state index contributed by atoms with van der Waals surface area (Å²) in [6, 6.07) is 0. The molecule has 4 N–H and O–H groups in total. The van der Waals surface area contributed by atoms with Crippen molar-refractivity contribution in [3.8, 4) is 0 Å². The zero-order valence-electron chi connectivity index (χ0n) is 7.76. The van der Waals surface area contributed by atoms with Crippen molar-refractivity contribution in [1.82, 2.24) is 15.4 Å². The number of hydrazine groups is 1. The lowest BCUT2D eigenvalue weighted by molar-refractivity contribution is -0.118. The van der Waals surface area contributed by atoms with Crippen molar-refractivity contribution in [1.29, 1.82) is 0 Å². The van der Waals surface area contributed by atoms with Gasteiger partial charge in [0.15, 0.2) is 11.0 Å². The lowest BCUT2D eigenvalue weighted by Gasteiger charge is -2.09. The van der Waals surface area contributed by atoms with Gasteiger partial charge >= 0.3 is 0 Å². The number of carbonyl (C=O) groups excluding carboxylic acids is 1. The quantitative estimate of drug-likeness (QED) is 0.493. The number of carbonyl (C=O) groups is 1. The summed E-state index contributed by atoms with van der Waals surface area (Å²) in [5.74, 6) is 0.506. The Morgan fingerprint density at radius 2 is 2.14 bits per heavy atom. The van der Waals surface area contributed by atoms with E-state index in [2.05, 4.69) is 20.8 Å². The predicted octanol–water partition coefficient (Wildman–Crippen LogP) is 0.484. The zero-order valence-corrected chi connectivity index (χ0v) is 8.51. The molecule has 7 heteroatoms. The van der Waals surface area contributed by atoms with Gasteiger partial charge in [-0.1, -0.05) is 11.6 Å². The van der Waals surface area contributed by atoms with Crippen LogP contribution in [0.2, 0.25) is 5.15 Å². The van der Waals surface area contributed by atoms with Gasteiger partial charge in [-0.05, 0) is 6.92 Å². The molecular weight excluding hydrogens is 206 g/mol. The van der Waals surface area contributed by atoms with E-state index in [1.165, 1.54) is 6.92 Å². The molecule has 0 saturated carbocycles. The number of nitrogens with one attached hydrogen (secondary N) is 2. The average Bonchev–Trinajstić information content (AvgIpc) is 2.08. The standard InChI is InChI=1S/C7H10ClN5O/c1-3-10-6(8)5(9)7(11-3)13-12-4(2)14/h9H2,1-2H3,(H,12,14)(H,10,11,13). The summed E-state index contributed by atoms with van der Waals surface area (Å²) in [5.41, 5.74) is 10.6. The highest BCUT2D eigenvalue weighted by atomic mass is 35.5. The van der Waals surface area contributed by atoms with Crippen LogP contribution in [0.5, 0.6) is 0 Å². The smallest absolute Gasteiger partial charge is 0.235 e. The molecule has 0 radical (unpaired) electrons. The van der Waals surface area contributed by atoms with E-state index in [1.807, 2.05) is 0 Å². The Labute approximate surface area is 85.8 Å². The van der Waals surface area contributed by atoms with Crippen LogP contribution in [0.1, 0.15) is 12.7 Å². The molecule has 1 aromatic heterocycles. The second kappa shape index (κ2) is 4.10. The van der Waals surface area contributed by atoms with E-state index in [0.717, 1.165) is 0 Å². The first-order chi connectivity index (χ1) is 6.50. The number of rotatable bonds is 2. The summed E-state index contributed by atoms with van der Waals surface area (Å²) in [6.07, 6.45) is 0. The van der Waals surface area contributed by atoms with Crippen LogP contribution in [-0.4, -0.2) is 15.9 Å². The van der Waals surface area contributed by atoms with Crippen molar-refractivity contribution >= 4 is 29.0 Å². The maximum atomic E-state index is 10.6. The van der Waals surface area contributed by atoms with Crippen LogP contribution in [0.25, 0.3) is 0 Å². The largest absolute Gasteiger partial charge is 0.393 e. The second-order valence-electron chi connectivity index (χ2n) is 2.63. The molecule has 0 saturated heterocycles. The number of aryl methyl sites for hydroxylation is 1. The van der Waals surface area contributed by atoms with Gasteiger partial charge in [0.1, 0.15) is 11.5 Å². The third-order valence-corrected chi connectivity index (χ3v) is 1.66. The summed E-state index contributed by atoms with van der Waals surface area (Å²) >= 11 is 5.71. The molecule has 0 bridgehead atoms. The minimum atomic E-state index is -0.253. The molecule has 0 aliphatic carbocycles. The number of anilines is 2. The summed E-state index contributed by atoms with van der Waals surface area (Å²) < 4.78 is 0. The number of halogens is 1. The molecule has 0 unspecified atom stereocenters. The molecule has 1 amide bonds. The molecule has 76 valence electrons. The number of hydrogen-bond donors (Lipinski definition) is 3. The van der Waals surface area contributed by atoms with Gasteiger partial charge < -0.3 is 5.73 Å². The Morgan fingerprint density at radius 3 is 2.71 bits per heavy atom. The second-order valence-corrected chi connectivity index (χ2v) is 2.99. The SMILES string of the molecule is CC(=O)NNc1nc(C)nc(Cl)c1N. The third-order valence-electron chi connectivity index (χ3n) is 1.37. The van der Waals surface area contributed by atoms with Gasteiger partial charge in [-0.2, -0.15) is 0 Å². The van der Waals surface area contributed by atoms with Gasteiger partial charge in [-0.25, -0.2) is 9.97 Å². The Hall–Kier alpha value is -1.56. The van der Waals surface area contributed by atoms with E-state index >= 15 is 0 Å². The first-order valence-corrected chi connectivity index (χ1v) is 4.20. The predicted molar refractivity (Wildman–Crippen MR) is 53.6 cm³/mol. The average molecular weight is 216 g/mol. The minimum absolute atomic E-state index is 0.158. The number of nitrogens with two attached hydrogens (primary N) is 1. The van der Waals surface area contributed by atoms with Crippen LogP contribution in [0.3, 0.4) is 0 Å². The monoisotopic (exact) mass is 215 g/mol. The van der Waals surface area contributed by atoms with Gasteiger partial charge in [0, 0.05) is 6.92 Å². The number of amides is 1. The first kappa shape index (κ1) is 10.5. The lowest BCUT2D eigenvalue weighted by Crippen LogP contribution is -2.28. The number of hydrogen-bond acceptors (Lipinski definition) is 5. The van der Waals surface area contributed by atoms with Crippen LogP contribution in [0.4, 0.5) is 11.5 Å². The van der Waals surface area contributed by atoms with Crippen molar-refractivity contribution in [3.63, 3.8) is 0 Å². The van der Waals surface area contributed by atoms with Crippen molar-refractivity contribution < 1.29 is 4.79 Å². The Balaban J connectivity index is 2.90. The van der Waals surface area contributed by atoms with Crippen LogP contribution in [0, 0.1) is 6.92 Å². The molecule has 0 aromatic carbocycles. The van der Waals surface area contributed by atoms with Gasteiger partial charge in [-0.3, -0.25) is 15.6 Å². The van der Waals surface area contributed by atoms with Crippen molar-refractivity contribution in [3.05, 3.63) is 11.0 Å². The summed E-state index contributed by atoms with van der Waals surface area (Å²) in [4.78, 5) is 18.4. The van der Waals surface area contributed by atoms with Gasteiger partial charge in [0.2, 0.25) is 5.91 Å². The Morgan fingerprint density at radius 1 is 1.50 bits per heavy atom. The van der Waals surface area contributed by atoms with Crippen LogP contribution < -0.4 is 16.6 Å². The number of aromatic nitrogens is 2. The van der Waals surface area contributed by atoms with E-state index in [-0.39, 0.29) is 22.6 Å². The molecular formula is C7H10ClN5O. The van der Waals surface area contributed by atoms with E-state index < -0.39 is 0 Å². The molecule has 0 atom stereocenters. The fourth-order valence-electron chi connectivity index (χ4n) is 0.790. The number of nitrogen functional groups attached to an aromatic ring is 1. The van der Waals surface area contributed by atoms with E-state index in [0.29, 0.717) is 5.82 Å². The van der Waals surface area contributed by atoms with Crippen molar-refractivity contribution in [2.75, 3.05) is 11.2 Å². The molecule has 1 rings (SSSR count). The highest BCUT2D eigenvalue weighted by Gasteiger charge is 2.07. The molecule has 0 aliphatic heterocycles. The highest BCUT2D eigenvalue weighted by Crippen LogP contribution is 2.22. The van der Waals surface area contributed by atoms with Gasteiger partial charge in [-0.15, -0.1) is 0 Å². The molecule has 0 fully saturated rings. The van der Waals surface area contributed by atoms with E-state index in [4.69, 9.17) is 17.3 Å². The van der Waals surface area contributed by atoms with Gasteiger partial charge in [0.25, 0.3) is 0 Å². The van der Waals surface area contributed by atoms with Crippen LogP contribution in [-0.2, 0) is 4.79 Å². The molecule has 14 heavy (non-hydrogen) atoms. The summed E-state index contributed by atoms with van der Waals surface area (Å²) in [5, 5.41) is 0.158. The fraction of sp³-hybridized carbons (Fsp3) is 0.286. The highest BCUT2D eigenvalue weighted by molar-refractivity contribution is 6.32. The molecule has 0 aliphatic rings. The summed E-state index contributed by atoms with van der Waals surface area (Å²) in [7, 11) is 0. The minimum Gasteiger partial charge on any atom is -0.393 e. The van der Waals surface area contributed by atoms with E-state index in [9.17, 15) is 4.79 Å². The maximum Gasteiger partial charge on any atom is 0.235 e. The van der Waals surface area contributed by atoms with Crippen molar-refractivity contribution in [2.24, 2.45) is 0 Å². The molecule has 6 nitrogen and oxygen atoms in total. The molecule has 1 aromatic rings. The summed E-state index contributed by atoms with van der Waals surface area (Å²) in [6.45, 7) is 3.03. The van der Waals surface area contributed by atoms with Gasteiger partial charge in [0.05, 0.1) is 0 Å². The fourth-order valence-corrected chi connectivity index (χ4v) is 1.00. The Bertz CT molecular complexity index is 367. The normalized spacial score (nSPS) is 9.64. The Kier molecular flexibility index (Phi) is 3.08. The van der Waals surface area contributed by atoms with Crippen molar-refractivity contribution in [2.45, 2.75) is 13.8 Å². The zero-order chi connectivity index (χ0) is 10.7. The molecule has 1 heterocycles. The lowest BCUT2D eigenvalue weighted by atomic mass is 10.5. The first-order valence-electron chi connectivity index (χ1n) is 3.83. The molecule has 0 spiro atoms. The third kappa shape index (κ3) is 2.46. The van der Waals surface area contributed by atoms with Crippen LogP contribution in [0.15, 0.2) is 0 Å². The number of nitrogens with zero attached hydrogens (tertiary/aromatic N) is 2. The maximum absolute atomic E-state index is 10.6. The van der Waals surface area contributed by atoms with E-state index in [1.54, 1.807) is 6.92 Å².